The molecule has 1 unspecified atom stereocenters. The average molecular weight is 262 g/mol. The Morgan fingerprint density at radius 2 is 2.21 bits per heavy atom. The van der Waals surface area contributed by atoms with Crippen LogP contribution >= 0.6 is 0 Å². The van der Waals surface area contributed by atoms with Gasteiger partial charge in [0.25, 0.3) is 5.91 Å². The van der Waals surface area contributed by atoms with E-state index in [2.05, 4.69) is 23.5 Å². The zero-order valence-electron chi connectivity index (χ0n) is 11.9. The first-order chi connectivity index (χ1) is 9.13. The van der Waals surface area contributed by atoms with Crippen molar-refractivity contribution in [2.24, 2.45) is 0 Å². The van der Waals surface area contributed by atoms with Crippen molar-refractivity contribution in [3.05, 3.63) is 29.3 Å². The summed E-state index contributed by atoms with van der Waals surface area (Å²) in [5.74, 6) is 0.0789. The molecular weight excluding hydrogens is 240 g/mol. The van der Waals surface area contributed by atoms with E-state index in [0.717, 1.165) is 24.2 Å². The summed E-state index contributed by atoms with van der Waals surface area (Å²) in [6, 6.07) is 6.21. The zero-order chi connectivity index (χ0) is 13.8. The number of nitrogens with one attached hydrogen (secondary N) is 1. The lowest BCUT2D eigenvalue weighted by atomic mass is 10.1. The van der Waals surface area contributed by atoms with Gasteiger partial charge in [0.05, 0.1) is 6.61 Å². The number of nitrogens with zero attached hydrogens (tertiary/aromatic N) is 1. The minimum absolute atomic E-state index is 0.0789. The fourth-order valence-electron chi connectivity index (χ4n) is 2.37. The van der Waals surface area contributed by atoms with Crippen molar-refractivity contribution in [3.8, 4) is 0 Å². The third kappa shape index (κ3) is 3.14. The minimum Gasteiger partial charge on any atom is -0.366 e. The minimum atomic E-state index is -0.318. The lowest BCUT2D eigenvalue weighted by Crippen LogP contribution is -2.48. The van der Waals surface area contributed by atoms with Crippen LogP contribution in [0.1, 0.15) is 17.5 Å². The number of rotatable bonds is 4. The van der Waals surface area contributed by atoms with Gasteiger partial charge in [-0.2, -0.15) is 0 Å². The molecule has 1 heterocycles. The summed E-state index contributed by atoms with van der Waals surface area (Å²) < 4.78 is 5.58. The highest BCUT2D eigenvalue weighted by Crippen LogP contribution is 2.25. The number of hydrogen-bond acceptors (Lipinski definition) is 3. The molecule has 1 amide bonds. The van der Waals surface area contributed by atoms with Gasteiger partial charge in [-0.1, -0.05) is 12.1 Å². The second-order valence-electron chi connectivity index (χ2n) is 5.03. The van der Waals surface area contributed by atoms with Crippen LogP contribution in [0.2, 0.25) is 0 Å². The Morgan fingerprint density at radius 3 is 2.95 bits per heavy atom. The van der Waals surface area contributed by atoms with Crippen LogP contribution in [-0.2, 0) is 9.53 Å². The molecule has 1 fully saturated rings. The van der Waals surface area contributed by atoms with E-state index in [1.165, 1.54) is 5.56 Å². The molecule has 0 radical (unpaired) electrons. The predicted molar refractivity (Wildman–Crippen MR) is 76.6 cm³/mol. The Morgan fingerprint density at radius 1 is 1.42 bits per heavy atom. The van der Waals surface area contributed by atoms with Crippen LogP contribution in [0, 0.1) is 13.8 Å². The van der Waals surface area contributed by atoms with Crippen molar-refractivity contribution in [1.82, 2.24) is 5.32 Å². The quantitative estimate of drug-likeness (QED) is 0.897. The molecule has 1 saturated heterocycles. The topological polar surface area (TPSA) is 41.6 Å². The van der Waals surface area contributed by atoms with E-state index in [1.807, 2.05) is 25.8 Å². The van der Waals surface area contributed by atoms with Gasteiger partial charge >= 0.3 is 0 Å². The van der Waals surface area contributed by atoms with Gasteiger partial charge in [0.15, 0.2) is 0 Å². The molecule has 1 N–H and O–H groups in total. The fourth-order valence-corrected chi connectivity index (χ4v) is 2.37. The number of ether oxygens (including phenoxy) is 1. The maximum atomic E-state index is 12.5. The smallest absolute Gasteiger partial charge is 0.256 e. The van der Waals surface area contributed by atoms with Gasteiger partial charge in [-0.15, -0.1) is 0 Å². The van der Waals surface area contributed by atoms with Crippen molar-refractivity contribution in [1.29, 1.82) is 0 Å². The molecule has 0 aromatic heterocycles. The summed E-state index contributed by atoms with van der Waals surface area (Å²) in [6.07, 6.45) is 0.401. The largest absolute Gasteiger partial charge is 0.366 e. The van der Waals surface area contributed by atoms with Crippen LogP contribution in [0.4, 0.5) is 5.69 Å². The maximum Gasteiger partial charge on any atom is 0.256 e. The normalized spacial score (nSPS) is 19.8. The van der Waals surface area contributed by atoms with Crippen LogP contribution in [-0.4, -0.2) is 38.8 Å². The highest BCUT2D eigenvalue weighted by atomic mass is 16.5. The van der Waals surface area contributed by atoms with E-state index in [1.54, 1.807) is 0 Å². The molecular formula is C15H22N2O2. The number of carbonyl (C=O) groups is 1. The van der Waals surface area contributed by atoms with Crippen molar-refractivity contribution in [2.75, 3.05) is 31.6 Å². The average Bonchev–Trinajstić information content (AvgIpc) is 2.41. The Hall–Kier alpha value is -1.39. The van der Waals surface area contributed by atoms with E-state index in [9.17, 15) is 4.79 Å². The highest BCUT2D eigenvalue weighted by Gasteiger charge is 2.30. The van der Waals surface area contributed by atoms with E-state index < -0.39 is 0 Å². The number of aryl methyl sites for hydroxylation is 2. The Bertz CT molecular complexity index is 459. The molecule has 4 nitrogen and oxygen atoms in total. The Balaban J connectivity index is 2.19. The third-order valence-corrected chi connectivity index (χ3v) is 3.49. The van der Waals surface area contributed by atoms with Crippen molar-refractivity contribution >= 4 is 11.6 Å². The zero-order valence-corrected chi connectivity index (χ0v) is 11.9. The molecule has 4 heteroatoms. The molecule has 0 spiro atoms. The number of carbonyl (C=O) groups excluding carboxylic acids is 1. The predicted octanol–water partition coefficient (Wildman–Crippen LogP) is 1.64. The second-order valence-corrected chi connectivity index (χ2v) is 5.03. The Labute approximate surface area is 114 Å². The van der Waals surface area contributed by atoms with Gasteiger partial charge in [0.2, 0.25) is 0 Å². The third-order valence-electron chi connectivity index (χ3n) is 3.49. The van der Waals surface area contributed by atoms with Crippen molar-refractivity contribution < 1.29 is 9.53 Å². The molecule has 1 aromatic carbocycles. The van der Waals surface area contributed by atoms with Crippen LogP contribution in [0.25, 0.3) is 0 Å². The molecule has 104 valence electrons. The van der Waals surface area contributed by atoms with E-state index >= 15 is 0 Å². The number of anilines is 1. The van der Waals surface area contributed by atoms with Gasteiger partial charge in [0.1, 0.15) is 6.10 Å². The summed E-state index contributed by atoms with van der Waals surface area (Å²) in [6.45, 7) is 6.12. The fraction of sp³-hybridized carbons (Fsp3) is 0.533. The molecule has 1 aromatic rings. The molecule has 1 aliphatic rings. The van der Waals surface area contributed by atoms with Crippen LogP contribution in [0.5, 0.6) is 0 Å². The first-order valence-electron chi connectivity index (χ1n) is 6.78. The lowest BCUT2D eigenvalue weighted by molar-refractivity contribution is -0.134. The summed E-state index contributed by atoms with van der Waals surface area (Å²) in [5, 5.41) is 3.06. The van der Waals surface area contributed by atoms with Crippen LogP contribution in [0.3, 0.4) is 0 Å². The highest BCUT2D eigenvalue weighted by molar-refractivity contribution is 5.97. The van der Waals surface area contributed by atoms with Crippen molar-refractivity contribution in [2.45, 2.75) is 26.4 Å². The van der Waals surface area contributed by atoms with Gasteiger partial charge < -0.3 is 15.0 Å². The molecule has 2 rings (SSSR count). The van der Waals surface area contributed by atoms with E-state index in [0.29, 0.717) is 13.2 Å². The standard InChI is InChI=1S/C15H22N2O2/c1-11-4-5-12(2)13(10-11)17-8-9-19-14(15(17)18)6-7-16-3/h4-5,10,14,16H,6-9H2,1-3H3. The molecule has 1 aliphatic heterocycles. The monoisotopic (exact) mass is 262 g/mol. The second kappa shape index (κ2) is 6.17. The van der Waals surface area contributed by atoms with Gasteiger partial charge in [0, 0.05) is 12.2 Å². The van der Waals surface area contributed by atoms with E-state index in [4.69, 9.17) is 4.74 Å². The Kier molecular flexibility index (Phi) is 4.56. The first-order valence-corrected chi connectivity index (χ1v) is 6.78. The first kappa shape index (κ1) is 14.0. The van der Waals surface area contributed by atoms with E-state index in [-0.39, 0.29) is 12.0 Å². The number of amides is 1. The van der Waals surface area contributed by atoms with Crippen LogP contribution < -0.4 is 10.2 Å². The van der Waals surface area contributed by atoms with Gasteiger partial charge in [-0.05, 0) is 51.1 Å². The summed E-state index contributed by atoms with van der Waals surface area (Å²) in [7, 11) is 1.88. The molecule has 0 bridgehead atoms. The van der Waals surface area contributed by atoms with Gasteiger partial charge in [-0.3, -0.25) is 4.79 Å². The lowest BCUT2D eigenvalue weighted by Gasteiger charge is -2.33. The maximum absolute atomic E-state index is 12.5. The number of morpholine rings is 1. The van der Waals surface area contributed by atoms with Crippen molar-refractivity contribution in [3.63, 3.8) is 0 Å². The van der Waals surface area contributed by atoms with Gasteiger partial charge in [-0.25, -0.2) is 0 Å². The molecule has 1 atom stereocenters. The molecule has 19 heavy (non-hydrogen) atoms. The number of hydrogen-bond donors (Lipinski definition) is 1. The summed E-state index contributed by atoms with van der Waals surface area (Å²) in [4.78, 5) is 14.3. The SMILES string of the molecule is CNCCC1OCCN(c2cc(C)ccc2C)C1=O. The summed E-state index contributed by atoms with van der Waals surface area (Å²) in [5.41, 5.74) is 3.32. The molecule has 0 saturated carbocycles. The molecule has 0 aliphatic carbocycles. The van der Waals surface area contributed by atoms with Crippen LogP contribution in [0.15, 0.2) is 18.2 Å². The summed E-state index contributed by atoms with van der Waals surface area (Å²) >= 11 is 0. The number of benzene rings is 1.